The van der Waals surface area contributed by atoms with E-state index in [1.54, 1.807) is 32.5 Å². The third kappa shape index (κ3) is 2.61. The number of nitrogens with zero attached hydrogens (tertiary/aromatic N) is 2. The van der Waals surface area contributed by atoms with Crippen LogP contribution >= 0.6 is 0 Å². The SMILES string of the molecule is CCOC(=O)c1c(C)nn(C)c1CC(C)O. The van der Waals surface area contributed by atoms with Crippen molar-refractivity contribution in [2.45, 2.75) is 33.3 Å². The van der Waals surface area contributed by atoms with Gasteiger partial charge < -0.3 is 9.84 Å². The molecule has 0 saturated heterocycles. The molecule has 0 aliphatic carbocycles. The molecule has 5 nitrogen and oxygen atoms in total. The molecule has 0 saturated carbocycles. The van der Waals surface area contributed by atoms with Gasteiger partial charge in [0.05, 0.1) is 24.1 Å². The summed E-state index contributed by atoms with van der Waals surface area (Å²) in [6.07, 6.45) is -0.117. The molecule has 5 heteroatoms. The van der Waals surface area contributed by atoms with Gasteiger partial charge in [-0.05, 0) is 20.8 Å². The van der Waals surface area contributed by atoms with Crippen molar-refractivity contribution in [1.82, 2.24) is 9.78 Å². The first kappa shape index (κ1) is 12.7. The average Bonchev–Trinajstić information content (AvgIpc) is 2.41. The Hall–Kier alpha value is -1.36. The first-order valence-corrected chi connectivity index (χ1v) is 5.35. The van der Waals surface area contributed by atoms with Gasteiger partial charge in [-0.25, -0.2) is 4.79 Å². The van der Waals surface area contributed by atoms with Crippen LogP contribution in [0.5, 0.6) is 0 Å². The van der Waals surface area contributed by atoms with Gasteiger partial charge >= 0.3 is 5.97 Å². The maximum atomic E-state index is 11.7. The third-order valence-electron chi connectivity index (χ3n) is 2.31. The number of aryl methyl sites for hydroxylation is 2. The van der Waals surface area contributed by atoms with Gasteiger partial charge in [0.15, 0.2) is 0 Å². The van der Waals surface area contributed by atoms with E-state index in [1.807, 2.05) is 0 Å². The van der Waals surface area contributed by atoms with E-state index in [9.17, 15) is 9.90 Å². The molecule has 1 unspecified atom stereocenters. The van der Waals surface area contributed by atoms with Crippen molar-refractivity contribution < 1.29 is 14.6 Å². The Balaban J connectivity index is 3.10. The highest BCUT2D eigenvalue weighted by Crippen LogP contribution is 2.16. The number of aromatic nitrogens is 2. The van der Waals surface area contributed by atoms with Gasteiger partial charge in [-0.15, -0.1) is 0 Å². The van der Waals surface area contributed by atoms with Gasteiger partial charge in [0, 0.05) is 13.5 Å². The van der Waals surface area contributed by atoms with E-state index in [2.05, 4.69) is 5.10 Å². The molecular formula is C11H18N2O3. The minimum absolute atomic E-state index is 0.335. The van der Waals surface area contributed by atoms with Crippen LogP contribution in [0, 0.1) is 6.92 Å². The second-order valence-corrected chi connectivity index (χ2v) is 3.80. The molecule has 0 spiro atoms. The Morgan fingerprint density at radius 3 is 2.75 bits per heavy atom. The van der Waals surface area contributed by atoms with Crippen LogP contribution in [0.2, 0.25) is 0 Å². The lowest BCUT2D eigenvalue weighted by Gasteiger charge is -2.07. The molecule has 1 aromatic heterocycles. The number of hydrogen-bond acceptors (Lipinski definition) is 4. The fraction of sp³-hybridized carbons (Fsp3) is 0.636. The average molecular weight is 226 g/mol. The van der Waals surface area contributed by atoms with E-state index in [4.69, 9.17) is 4.74 Å². The second-order valence-electron chi connectivity index (χ2n) is 3.80. The predicted molar refractivity (Wildman–Crippen MR) is 59.3 cm³/mol. The Labute approximate surface area is 95.0 Å². The first-order valence-electron chi connectivity index (χ1n) is 5.35. The standard InChI is InChI=1S/C11H18N2O3/c1-5-16-11(15)10-8(3)12-13(4)9(10)6-7(2)14/h7,14H,5-6H2,1-4H3. The normalized spacial score (nSPS) is 12.6. The van der Waals surface area contributed by atoms with Gasteiger partial charge in [0.1, 0.15) is 5.56 Å². The summed E-state index contributed by atoms with van der Waals surface area (Å²) in [5, 5.41) is 13.6. The molecule has 16 heavy (non-hydrogen) atoms. The summed E-state index contributed by atoms with van der Waals surface area (Å²) in [5.41, 5.74) is 1.83. The van der Waals surface area contributed by atoms with E-state index in [-0.39, 0.29) is 5.97 Å². The summed E-state index contributed by atoms with van der Waals surface area (Å²) < 4.78 is 6.59. The van der Waals surface area contributed by atoms with Crippen LogP contribution in [-0.4, -0.2) is 33.6 Å². The summed E-state index contributed by atoms with van der Waals surface area (Å²) in [6.45, 7) is 5.54. The first-order chi connectivity index (χ1) is 7.47. The molecule has 0 aliphatic rings. The van der Waals surface area contributed by atoms with Crippen molar-refractivity contribution in [3.8, 4) is 0 Å². The molecule has 1 rings (SSSR count). The lowest BCUT2D eigenvalue weighted by molar-refractivity contribution is 0.0523. The Morgan fingerprint density at radius 2 is 2.25 bits per heavy atom. The van der Waals surface area contributed by atoms with Crippen LogP contribution in [0.3, 0.4) is 0 Å². The van der Waals surface area contributed by atoms with Crippen molar-refractivity contribution >= 4 is 5.97 Å². The maximum Gasteiger partial charge on any atom is 0.341 e. The summed E-state index contributed by atoms with van der Waals surface area (Å²) in [6, 6.07) is 0. The van der Waals surface area contributed by atoms with Crippen LogP contribution in [0.25, 0.3) is 0 Å². The molecule has 0 aromatic carbocycles. The van der Waals surface area contributed by atoms with Crippen LogP contribution in [0.4, 0.5) is 0 Å². The minimum atomic E-state index is -0.511. The van der Waals surface area contributed by atoms with Crippen molar-refractivity contribution in [2.75, 3.05) is 6.61 Å². The topological polar surface area (TPSA) is 64.3 Å². The Bertz CT molecular complexity index is 383. The van der Waals surface area contributed by atoms with Crippen LogP contribution in [-0.2, 0) is 18.2 Å². The van der Waals surface area contributed by atoms with Gasteiger partial charge in [-0.1, -0.05) is 0 Å². The van der Waals surface area contributed by atoms with Crippen LogP contribution < -0.4 is 0 Å². The number of hydrogen-bond donors (Lipinski definition) is 1. The van der Waals surface area contributed by atoms with Gasteiger partial charge in [-0.3, -0.25) is 4.68 Å². The molecule has 0 bridgehead atoms. The summed E-state index contributed by atoms with van der Waals surface area (Å²) in [4.78, 5) is 11.7. The summed E-state index contributed by atoms with van der Waals surface area (Å²) in [7, 11) is 1.76. The van der Waals surface area contributed by atoms with E-state index in [1.165, 1.54) is 0 Å². The Morgan fingerprint density at radius 1 is 1.62 bits per heavy atom. The number of esters is 1. The van der Waals surface area contributed by atoms with E-state index in [0.717, 1.165) is 0 Å². The molecule has 90 valence electrons. The highest BCUT2D eigenvalue weighted by atomic mass is 16.5. The summed E-state index contributed by atoms with van der Waals surface area (Å²) >= 11 is 0. The predicted octanol–water partition coefficient (Wildman–Crippen LogP) is 0.829. The van der Waals surface area contributed by atoms with Gasteiger partial charge in [0.25, 0.3) is 0 Å². The molecule has 0 fully saturated rings. The zero-order valence-electron chi connectivity index (χ0n) is 10.1. The van der Waals surface area contributed by atoms with Crippen molar-refractivity contribution in [3.05, 3.63) is 17.0 Å². The molecule has 1 N–H and O–H groups in total. The van der Waals surface area contributed by atoms with Crippen molar-refractivity contribution in [2.24, 2.45) is 7.05 Å². The molecule has 0 amide bonds. The summed E-state index contributed by atoms with van der Waals surface area (Å²) in [5.74, 6) is -0.372. The maximum absolute atomic E-state index is 11.7. The number of carbonyl (C=O) groups excluding carboxylic acids is 1. The smallest absolute Gasteiger partial charge is 0.341 e. The Kier molecular flexibility index (Phi) is 4.06. The monoisotopic (exact) mass is 226 g/mol. The number of aliphatic hydroxyl groups is 1. The zero-order valence-corrected chi connectivity index (χ0v) is 10.1. The van der Waals surface area contributed by atoms with Crippen molar-refractivity contribution in [3.63, 3.8) is 0 Å². The molecular weight excluding hydrogens is 208 g/mol. The highest BCUT2D eigenvalue weighted by molar-refractivity contribution is 5.92. The third-order valence-corrected chi connectivity index (χ3v) is 2.31. The van der Waals surface area contributed by atoms with E-state index < -0.39 is 6.10 Å². The van der Waals surface area contributed by atoms with Gasteiger partial charge in [0.2, 0.25) is 0 Å². The lowest BCUT2D eigenvalue weighted by atomic mass is 10.1. The van der Waals surface area contributed by atoms with Crippen molar-refractivity contribution in [1.29, 1.82) is 0 Å². The van der Waals surface area contributed by atoms with Crippen LogP contribution in [0.1, 0.15) is 35.6 Å². The van der Waals surface area contributed by atoms with E-state index in [0.29, 0.717) is 30.0 Å². The quantitative estimate of drug-likeness (QED) is 0.772. The number of ether oxygens (including phenoxy) is 1. The largest absolute Gasteiger partial charge is 0.462 e. The second kappa shape index (κ2) is 5.12. The fourth-order valence-electron chi connectivity index (χ4n) is 1.69. The zero-order chi connectivity index (χ0) is 12.3. The molecule has 0 radical (unpaired) electrons. The molecule has 1 atom stereocenters. The number of rotatable bonds is 4. The minimum Gasteiger partial charge on any atom is -0.462 e. The molecule has 1 heterocycles. The fourth-order valence-corrected chi connectivity index (χ4v) is 1.69. The lowest BCUT2D eigenvalue weighted by Crippen LogP contribution is -2.14. The van der Waals surface area contributed by atoms with Crippen LogP contribution in [0.15, 0.2) is 0 Å². The number of aliphatic hydroxyl groups excluding tert-OH is 1. The highest BCUT2D eigenvalue weighted by Gasteiger charge is 2.21. The van der Waals surface area contributed by atoms with E-state index >= 15 is 0 Å². The van der Waals surface area contributed by atoms with Gasteiger partial charge in [-0.2, -0.15) is 5.10 Å². The molecule has 0 aliphatic heterocycles. The number of carbonyl (C=O) groups is 1. The molecule has 1 aromatic rings.